The predicted molar refractivity (Wildman–Crippen MR) is 120 cm³/mol. The van der Waals surface area contributed by atoms with E-state index in [1.54, 1.807) is 23.5 Å². The van der Waals surface area contributed by atoms with Crippen LogP contribution in [0.2, 0.25) is 0 Å². The minimum atomic E-state index is 0.169. The summed E-state index contributed by atoms with van der Waals surface area (Å²) >= 11 is 3.45. The molecule has 0 N–H and O–H groups in total. The van der Waals surface area contributed by atoms with Crippen LogP contribution in [0.15, 0.2) is 69.5 Å². The molecule has 0 unspecified atom stereocenters. The van der Waals surface area contributed by atoms with E-state index in [4.69, 9.17) is 0 Å². The molecule has 1 heterocycles. The van der Waals surface area contributed by atoms with Crippen LogP contribution < -0.4 is 0 Å². The lowest BCUT2D eigenvalue weighted by molar-refractivity contribution is -0.113. The molecule has 1 aliphatic heterocycles. The molecule has 1 saturated heterocycles. The van der Waals surface area contributed by atoms with Crippen LogP contribution >= 0.6 is 23.5 Å². The van der Waals surface area contributed by atoms with E-state index < -0.39 is 0 Å². The Morgan fingerprint density at radius 2 is 1.22 bits per heavy atom. The lowest BCUT2D eigenvalue weighted by atomic mass is 9.94. The monoisotopic (exact) mass is 395 g/mol. The third-order valence-electron chi connectivity index (χ3n) is 4.73. The summed E-state index contributed by atoms with van der Waals surface area (Å²) in [7, 11) is 0. The van der Waals surface area contributed by atoms with Crippen molar-refractivity contribution < 1.29 is 4.79 Å². The maximum Gasteiger partial charge on any atom is 0.187 e. The fourth-order valence-electron chi connectivity index (χ4n) is 3.14. The normalized spacial score (nSPS) is 18.4. The molecule has 1 aliphatic rings. The molecule has 0 aromatic heterocycles. The molecule has 0 saturated carbocycles. The summed E-state index contributed by atoms with van der Waals surface area (Å²) in [5.41, 5.74) is 3.90. The van der Waals surface area contributed by atoms with Gasteiger partial charge in [-0.05, 0) is 66.6 Å². The number of rotatable bonds is 5. The average molecular weight is 396 g/mol. The van der Waals surface area contributed by atoms with E-state index in [0.29, 0.717) is 13.1 Å². The van der Waals surface area contributed by atoms with Gasteiger partial charge in [-0.15, -0.1) is 23.5 Å². The highest BCUT2D eigenvalue weighted by atomic mass is 32.2. The smallest absolute Gasteiger partial charge is 0.187 e. The Labute approximate surface area is 170 Å². The first-order valence-corrected chi connectivity index (χ1v) is 11.5. The first kappa shape index (κ1) is 20.0. The van der Waals surface area contributed by atoms with Crippen LogP contribution in [0.1, 0.15) is 18.1 Å². The van der Waals surface area contributed by atoms with Gasteiger partial charge in [-0.1, -0.05) is 31.2 Å². The number of hydrogen-bond acceptors (Lipinski definition) is 4. The summed E-state index contributed by atoms with van der Waals surface area (Å²) in [6.07, 6.45) is 8.22. The second-order valence-corrected chi connectivity index (χ2v) is 8.28. The zero-order valence-corrected chi connectivity index (χ0v) is 17.7. The molecule has 2 nitrogen and oxygen atoms in total. The highest BCUT2D eigenvalue weighted by Crippen LogP contribution is 2.24. The number of ketones is 1. The fourth-order valence-corrected chi connectivity index (χ4v) is 3.95. The van der Waals surface area contributed by atoms with E-state index in [0.717, 1.165) is 28.8 Å². The Kier molecular flexibility index (Phi) is 7.00. The molecule has 0 radical (unpaired) electrons. The molecule has 2 aromatic carbocycles. The zero-order valence-electron chi connectivity index (χ0n) is 16.1. The predicted octanol–water partition coefficient (Wildman–Crippen LogP) is 5.50. The maximum atomic E-state index is 13.1. The minimum Gasteiger partial charge on any atom is -0.295 e. The summed E-state index contributed by atoms with van der Waals surface area (Å²) in [6, 6.07) is 16.8. The first-order chi connectivity index (χ1) is 13.1. The number of likely N-dealkylation sites (N-methyl/N-ethyl adjacent to an activating group) is 1. The molecule has 4 heteroatoms. The van der Waals surface area contributed by atoms with E-state index >= 15 is 0 Å². The Hall–Kier alpha value is -1.75. The average Bonchev–Trinajstić information content (AvgIpc) is 2.72. The Bertz CT molecular complexity index is 781. The largest absolute Gasteiger partial charge is 0.295 e. The molecule has 140 valence electrons. The van der Waals surface area contributed by atoms with Gasteiger partial charge in [0.15, 0.2) is 5.78 Å². The lowest BCUT2D eigenvalue weighted by Gasteiger charge is -2.28. The molecule has 1 fully saturated rings. The van der Waals surface area contributed by atoms with Crippen molar-refractivity contribution in [3.05, 3.63) is 70.8 Å². The zero-order chi connectivity index (χ0) is 19.2. The van der Waals surface area contributed by atoms with Gasteiger partial charge < -0.3 is 0 Å². The molecule has 0 spiro atoms. The molecule has 27 heavy (non-hydrogen) atoms. The van der Waals surface area contributed by atoms with Gasteiger partial charge in [0, 0.05) is 34.0 Å². The Morgan fingerprint density at radius 1 is 0.815 bits per heavy atom. The van der Waals surface area contributed by atoms with Crippen molar-refractivity contribution in [2.75, 3.05) is 32.1 Å². The summed E-state index contributed by atoms with van der Waals surface area (Å²) in [4.78, 5) is 17.8. The standard InChI is InChI=1S/C23H25NOS2/c1-4-24-15-19(13-17-5-9-21(26-2)10-6-17)23(25)20(16-24)14-18-7-11-22(27-3)12-8-18/h5-14H,4,15-16H2,1-3H3. The molecule has 0 aliphatic carbocycles. The van der Waals surface area contributed by atoms with Gasteiger partial charge in [-0.25, -0.2) is 0 Å². The topological polar surface area (TPSA) is 20.3 Å². The minimum absolute atomic E-state index is 0.169. The Balaban J connectivity index is 1.89. The van der Waals surface area contributed by atoms with Crippen LogP contribution in [-0.2, 0) is 4.79 Å². The van der Waals surface area contributed by atoms with E-state index in [1.165, 1.54) is 9.79 Å². The number of nitrogens with zero attached hydrogens (tertiary/aromatic N) is 1. The number of Topliss-reactive ketones (excluding diaryl/α,β-unsaturated/α-hetero) is 1. The van der Waals surface area contributed by atoms with E-state index in [9.17, 15) is 4.79 Å². The van der Waals surface area contributed by atoms with Crippen LogP contribution in [0.5, 0.6) is 0 Å². The van der Waals surface area contributed by atoms with Crippen molar-refractivity contribution in [3.8, 4) is 0 Å². The summed E-state index contributed by atoms with van der Waals surface area (Å²) < 4.78 is 0. The van der Waals surface area contributed by atoms with Gasteiger partial charge in [0.05, 0.1) is 0 Å². The second kappa shape index (κ2) is 9.45. The van der Waals surface area contributed by atoms with E-state index in [1.807, 2.05) is 12.2 Å². The van der Waals surface area contributed by atoms with Crippen molar-refractivity contribution in [1.82, 2.24) is 4.90 Å². The van der Waals surface area contributed by atoms with Crippen LogP contribution in [-0.4, -0.2) is 42.8 Å². The molecular weight excluding hydrogens is 370 g/mol. The fraction of sp³-hybridized carbons (Fsp3) is 0.261. The van der Waals surface area contributed by atoms with Crippen LogP contribution in [0.4, 0.5) is 0 Å². The third-order valence-corrected chi connectivity index (χ3v) is 6.22. The van der Waals surface area contributed by atoms with Crippen molar-refractivity contribution in [2.45, 2.75) is 16.7 Å². The van der Waals surface area contributed by atoms with Crippen molar-refractivity contribution in [1.29, 1.82) is 0 Å². The van der Waals surface area contributed by atoms with Gasteiger partial charge in [-0.2, -0.15) is 0 Å². The number of likely N-dealkylation sites (tertiary alicyclic amines) is 1. The molecule has 0 amide bonds. The molecule has 3 rings (SSSR count). The van der Waals surface area contributed by atoms with Crippen LogP contribution in [0, 0.1) is 0 Å². The first-order valence-electron chi connectivity index (χ1n) is 9.09. The number of piperidine rings is 1. The maximum absolute atomic E-state index is 13.1. The van der Waals surface area contributed by atoms with Crippen molar-refractivity contribution in [2.24, 2.45) is 0 Å². The van der Waals surface area contributed by atoms with Crippen LogP contribution in [0.25, 0.3) is 12.2 Å². The van der Waals surface area contributed by atoms with Gasteiger partial charge in [0.2, 0.25) is 0 Å². The summed E-state index contributed by atoms with van der Waals surface area (Å²) in [5.74, 6) is 0.169. The molecule has 0 bridgehead atoms. The summed E-state index contributed by atoms with van der Waals surface area (Å²) in [6.45, 7) is 4.50. The van der Waals surface area contributed by atoms with Gasteiger partial charge >= 0.3 is 0 Å². The van der Waals surface area contributed by atoms with E-state index in [-0.39, 0.29) is 5.78 Å². The third kappa shape index (κ3) is 5.16. The quantitative estimate of drug-likeness (QED) is 0.492. The highest BCUT2D eigenvalue weighted by Gasteiger charge is 2.25. The molecule has 2 aromatic rings. The van der Waals surface area contributed by atoms with Crippen molar-refractivity contribution >= 4 is 41.5 Å². The SMILES string of the molecule is CCN1CC(=Cc2ccc(SC)cc2)C(=O)C(=Cc2ccc(SC)cc2)C1. The molecular formula is C23H25NOS2. The number of benzene rings is 2. The number of hydrogen-bond donors (Lipinski definition) is 0. The van der Waals surface area contributed by atoms with Crippen molar-refractivity contribution in [3.63, 3.8) is 0 Å². The number of thioether (sulfide) groups is 2. The Morgan fingerprint density at radius 3 is 1.56 bits per heavy atom. The number of carbonyl (C=O) groups is 1. The van der Waals surface area contributed by atoms with E-state index in [2.05, 4.69) is 72.9 Å². The summed E-state index contributed by atoms with van der Waals surface area (Å²) in [5, 5.41) is 0. The van der Waals surface area contributed by atoms with Gasteiger partial charge in [0.1, 0.15) is 0 Å². The second-order valence-electron chi connectivity index (χ2n) is 6.52. The van der Waals surface area contributed by atoms with Crippen LogP contribution in [0.3, 0.4) is 0 Å². The van der Waals surface area contributed by atoms with Gasteiger partial charge in [-0.3, -0.25) is 9.69 Å². The van der Waals surface area contributed by atoms with Gasteiger partial charge in [0.25, 0.3) is 0 Å². The highest BCUT2D eigenvalue weighted by molar-refractivity contribution is 7.98. The number of carbonyl (C=O) groups excluding carboxylic acids is 1. The molecule has 0 atom stereocenters. The lowest BCUT2D eigenvalue weighted by Crippen LogP contribution is -2.37.